The molecule has 0 fully saturated rings. The number of nitrogens with zero attached hydrogens (tertiary/aromatic N) is 1. The van der Waals surface area contributed by atoms with Crippen LogP contribution < -0.4 is 4.90 Å². The number of rotatable bonds is 1. The molecule has 108 valence electrons. The van der Waals surface area contributed by atoms with Crippen LogP contribution in [-0.4, -0.2) is 12.7 Å². The first kappa shape index (κ1) is 13.5. The Morgan fingerprint density at radius 1 is 1.05 bits per heavy atom. The highest BCUT2D eigenvalue weighted by atomic mass is 19.4. The minimum absolute atomic E-state index is 0.114. The maximum Gasteiger partial charge on any atom is 0.416 e. The monoisotopic (exact) mass is 293 g/mol. The molecule has 2 aromatic rings. The highest BCUT2D eigenvalue weighted by Gasteiger charge is 2.32. The van der Waals surface area contributed by atoms with Crippen LogP contribution in [0.15, 0.2) is 48.5 Å². The van der Waals surface area contributed by atoms with Crippen LogP contribution in [0.4, 0.5) is 24.5 Å². The summed E-state index contributed by atoms with van der Waals surface area (Å²) in [7, 11) is 0. The molecule has 3 rings (SSSR count). The number of ether oxygens (including phenoxy) is 1. The maximum atomic E-state index is 12.8. The first-order valence-electron chi connectivity index (χ1n) is 6.18. The summed E-state index contributed by atoms with van der Waals surface area (Å²) in [4.78, 5) is 13.2. The predicted molar refractivity (Wildman–Crippen MR) is 70.3 cm³/mol. The Balaban J connectivity index is 2.06. The van der Waals surface area contributed by atoms with Crippen LogP contribution in [0, 0.1) is 0 Å². The van der Waals surface area contributed by atoms with Crippen LogP contribution >= 0.6 is 0 Å². The zero-order valence-electron chi connectivity index (χ0n) is 10.7. The highest BCUT2D eigenvalue weighted by molar-refractivity contribution is 5.98. The average Bonchev–Trinajstić information content (AvgIpc) is 2.47. The van der Waals surface area contributed by atoms with E-state index in [4.69, 9.17) is 4.74 Å². The van der Waals surface area contributed by atoms with Crippen molar-refractivity contribution in [2.75, 3.05) is 11.6 Å². The third kappa shape index (κ3) is 2.44. The Bertz CT molecular complexity index is 697. The van der Waals surface area contributed by atoms with Crippen molar-refractivity contribution in [2.24, 2.45) is 0 Å². The molecule has 0 bridgehead atoms. The fourth-order valence-corrected chi connectivity index (χ4v) is 2.22. The number of carbonyl (C=O) groups is 1. The van der Waals surface area contributed by atoms with Crippen molar-refractivity contribution in [3.8, 4) is 0 Å². The summed E-state index contributed by atoms with van der Waals surface area (Å²) in [5.41, 5.74) is 0.452. The van der Waals surface area contributed by atoms with Crippen LogP contribution in [0.5, 0.6) is 0 Å². The lowest BCUT2D eigenvalue weighted by Crippen LogP contribution is -2.30. The van der Waals surface area contributed by atoms with Crippen LogP contribution in [0.3, 0.4) is 0 Å². The molecule has 0 spiro atoms. The van der Waals surface area contributed by atoms with Gasteiger partial charge in [0.1, 0.15) is 0 Å². The van der Waals surface area contributed by atoms with Crippen molar-refractivity contribution < 1.29 is 22.7 Å². The van der Waals surface area contributed by atoms with E-state index in [9.17, 15) is 18.0 Å². The second-order valence-corrected chi connectivity index (χ2v) is 4.55. The van der Waals surface area contributed by atoms with Crippen molar-refractivity contribution in [3.63, 3.8) is 0 Å². The molecule has 0 saturated carbocycles. The molecule has 3 nitrogen and oxygen atoms in total. The topological polar surface area (TPSA) is 29.5 Å². The van der Waals surface area contributed by atoms with Gasteiger partial charge in [-0.15, -0.1) is 0 Å². The van der Waals surface area contributed by atoms with Gasteiger partial charge in [-0.05, 0) is 30.3 Å². The van der Waals surface area contributed by atoms with Gasteiger partial charge in [0.05, 0.1) is 16.8 Å². The Hall–Kier alpha value is -2.50. The minimum Gasteiger partial charge on any atom is -0.440 e. The lowest BCUT2D eigenvalue weighted by atomic mass is 10.1. The second kappa shape index (κ2) is 4.80. The molecule has 0 aromatic heterocycles. The number of para-hydroxylation sites is 1. The van der Waals surface area contributed by atoms with Crippen molar-refractivity contribution >= 4 is 17.3 Å². The van der Waals surface area contributed by atoms with Crippen LogP contribution in [-0.2, 0) is 10.9 Å². The summed E-state index contributed by atoms with van der Waals surface area (Å²) < 4.78 is 43.4. The number of anilines is 2. The fraction of sp³-hybridized carbons (Fsp3) is 0.133. The maximum absolute atomic E-state index is 12.8. The Kier molecular flexibility index (Phi) is 3.08. The number of halogens is 3. The van der Waals surface area contributed by atoms with E-state index in [2.05, 4.69) is 0 Å². The van der Waals surface area contributed by atoms with Gasteiger partial charge in [-0.3, -0.25) is 0 Å². The summed E-state index contributed by atoms with van der Waals surface area (Å²) in [5, 5.41) is 0. The molecule has 2 aromatic carbocycles. The summed E-state index contributed by atoms with van der Waals surface area (Å²) >= 11 is 0. The number of alkyl halides is 3. The molecule has 0 saturated heterocycles. The average molecular weight is 293 g/mol. The van der Waals surface area contributed by atoms with E-state index in [-0.39, 0.29) is 6.73 Å². The van der Waals surface area contributed by atoms with E-state index >= 15 is 0 Å². The third-order valence-corrected chi connectivity index (χ3v) is 3.22. The fourth-order valence-electron chi connectivity index (χ4n) is 2.22. The SMILES string of the molecule is O=C1OCN(c2cccc(C(F)(F)F)c2)c2ccccc21. The second-order valence-electron chi connectivity index (χ2n) is 4.55. The molecule has 0 aliphatic carbocycles. The van der Waals surface area contributed by atoms with Gasteiger partial charge in [0.15, 0.2) is 6.73 Å². The van der Waals surface area contributed by atoms with Crippen molar-refractivity contribution in [2.45, 2.75) is 6.18 Å². The lowest BCUT2D eigenvalue weighted by Gasteiger charge is -2.30. The number of carbonyl (C=O) groups excluding carboxylic acids is 1. The predicted octanol–water partition coefficient (Wildman–Crippen LogP) is 3.97. The number of cyclic esters (lactones) is 1. The molecule has 21 heavy (non-hydrogen) atoms. The molecule has 0 unspecified atom stereocenters. The van der Waals surface area contributed by atoms with E-state index in [1.165, 1.54) is 11.0 Å². The molecule has 1 aliphatic heterocycles. The zero-order valence-corrected chi connectivity index (χ0v) is 10.7. The molecule has 0 amide bonds. The first-order valence-corrected chi connectivity index (χ1v) is 6.18. The van der Waals surface area contributed by atoms with E-state index in [1.807, 2.05) is 0 Å². The quantitative estimate of drug-likeness (QED) is 0.745. The van der Waals surface area contributed by atoms with E-state index in [0.29, 0.717) is 16.9 Å². The molecule has 6 heteroatoms. The van der Waals surface area contributed by atoms with Gasteiger partial charge in [-0.1, -0.05) is 18.2 Å². The smallest absolute Gasteiger partial charge is 0.416 e. The summed E-state index contributed by atoms with van der Waals surface area (Å²) in [6.45, 7) is -0.114. The zero-order chi connectivity index (χ0) is 15.0. The molecule has 1 heterocycles. The molecular weight excluding hydrogens is 283 g/mol. The molecule has 0 N–H and O–H groups in total. The minimum atomic E-state index is -4.41. The van der Waals surface area contributed by atoms with Crippen molar-refractivity contribution in [1.82, 2.24) is 0 Å². The van der Waals surface area contributed by atoms with Crippen LogP contribution in [0.25, 0.3) is 0 Å². The van der Waals surface area contributed by atoms with Gasteiger partial charge >= 0.3 is 12.1 Å². The van der Waals surface area contributed by atoms with Crippen molar-refractivity contribution in [1.29, 1.82) is 0 Å². The summed E-state index contributed by atoms with van der Waals surface area (Å²) in [6, 6.07) is 11.6. The van der Waals surface area contributed by atoms with Gasteiger partial charge in [-0.2, -0.15) is 13.2 Å². The highest BCUT2D eigenvalue weighted by Crippen LogP contribution is 2.36. The number of hydrogen-bond donors (Lipinski definition) is 0. The largest absolute Gasteiger partial charge is 0.440 e. The normalized spacial score (nSPS) is 14.6. The first-order chi connectivity index (χ1) is 9.97. The molecule has 0 atom stereocenters. The van der Waals surface area contributed by atoms with Crippen LogP contribution in [0.1, 0.15) is 15.9 Å². The molecular formula is C15H10F3NO2. The lowest BCUT2D eigenvalue weighted by molar-refractivity contribution is -0.137. The van der Waals surface area contributed by atoms with Gasteiger partial charge in [-0.25, -0.2) is 4.79 Å². The van der Waals surface area contributed by atoms with Gasteiger partial charge in [0.25, 0.3) is 0 Å². The standard InChI is InChI=1S/C15H10F3NO2/c16-15(17,18)10-4-3-5-11(8-10)19-9-21-14(20)12-6-1-2-7-13(12)19/h1-8H,9H2. The Labute approximate surface area is 118 Å². The van der Waals surface area contributed by atoms with Crippen molar-refractivity contribution in [3.05, 3.63) is 59.7 Å². The van der Waals surface area contributed by atoms with Gasteiger partial charge < -0.3 is 9.64 Å². The number of fused-ring (bicyclic) bond motifs is 1. The van der Waals surface area contributed by atoms with E-state index < -0.39 is 17.7 Å². The summed E-state index contributed by atoms with van der Waals surface area (Å²) in [6.07, 6.45) is -4.41. The summed E-state index contributed by atoms with van der Waals surface area (Å²) in [5.74, 6) is -0.478. The van der Waals surface area contributed by atoms with E-state index in [0.717, 1.165) is 12.1 Å². The van der Waals surface area contributed by atoms with Crippen LogP contribution in [0.2, 0.25) is 0 Å². The Morgan fingerprint density at radius 3 is 2.57 bits per heavy atom. The van der Waals surface area contributed by atoms with Gasteiger partial charge in [0, 0.05) is 5.69 Å². The number of benzene rings is 2. The molecule has 1 aliphatic rings. The third-order valence-electron chi connectivity index (χ3n) is 3.22. The van der Waals surface area contributed by atoms with Gasteiger partial charge in [0.2, 0.25) is 0 Å². The molecule has 0 radical (unpaired) electrons. The van der Waals surface area contributed by atoms with E-state index in [1.54, 1.807) is 30.3 Å². The Morgan fingerprint density at radius 2 is 1.81 bits per heavy atom. The number of esters is 1. The number of hydrogen-bond acceptors (Lipinski definition) is 3.